The number of nitrogens with zero attached hydrogens (tertiary/aromatic N) is 1. The number of carbonyl (C=O) groups is 1. The SMILES string of the molecule is O=C(NN=Cc1ccc2ccccc2c1)C(c1ccccc1)c1ccccc1. The second-order valence-corrected chi connectivity index (χ2v) is 6.60. The summed E-state index contributed by atoms with van der Waals surface area (Å²) in [5.41, 5.74) is 5.52. The zero-order valence-corrected chi connectivity index (χ0v) is 15.3. The summed E-state index contributed by atoms with van der Waals surface area (Å²) in [5.74, 6) is -0.564. The number of hydrogen-bond acceptors (Lipinski definition) is 2. The van der Waals surface area contributed by atoms with Crippen molar-refractivity contribution in [3.8, 4) is 0 Å². The molecule has 0 atom stereocenters. The van der Waals surface area contributed by atoms with Crippen molar-refractivity contribution >= 4 is 22.9 Å². The van der Waals surface area contributed by atoms with E-state index < -0.39 is 5.92 Å². The third-order valence-corrected chi connectivity index (χ3v) is 4.69. The molecule has 4 aromatic rings. The summed E-state index contributed by atoms with van der Waals surface area (Å²) < 4.78 is 0. The Hall–Kier alpha value is -3.72. The summed E-state index contributed by atoms with van der Waals surface area (Å²) in [5, 5.41) is 6.52. The average molecular weight is 364 g/mol. The van der Waals surface area contributed by atoms with Crippen LogP contribution in [0.1, 0.15) is 22.6 Å². The highest BCUT2D eigenvalue weighted by Crippen LogP contribution is 2.24. The molecule has 1 N–H and O–H groups in total. The van der Waals surface area contributed by atoms with Gasteiger partial charge in [0.15, 0.2) is 0 Å². The molecule has 0 spiro atoms. The van der Waals surface area contributed by atoms with Crippen LogP contribution in [-0.4, -0.2) is 12.1 Å². The molecule has 1 amide bonds. The fourth-order valence-electron chi connectivity index (χ4n) is 3.31. The van der Waals surface area contributed by atoms with Gasteiger partial charge in [-0.25, -0.2) is 5.43 Å². The van der Waals surface area contributed by atoms with E-state index >= 15 is 0 Å². The molecule has 0 aliphatic rings. The van der Waals surface area contributed by atoms with E-state index in [1.54, 1.807) is 6.21 Å². The molecule has 0 heterocycles. The average Bonchev–Trinajstić information content (AvgIpc) is 2.75. The van der Waals surface area contributed by atoms with Gasteiger partial charge in [-0.1, -0.05) is 97.1 Å². The van der Waals surface area contributed by atoms with Crippen LogP contribution in [0.2, 0.25) is 0 Å². The van der Waals surface area contributed by atoms with E-state index in [0.29, 0.717) is 0 Å². The van der Waals surface area contributed by atoms with Gasteiger partial charge in [0.05, 0.1) is 12.1 Å². The van der Waals surface area contributed by atoms with Gasteiger partial charge in [0.1, 0.15) is 0 Å². The quantitative estimate of drug-likeness (QED) is 0.387. The van der Waals surface area contributed by atoms with Gasteiger partial charge < -0.3 is 0 Å². The molecular weight excluding hydrogens is 344 g/mol. The third kappa shape index (κ3) is 3.99. The first-order valence-electron chi connectivity index (χ1n) is 9.23. The molecular formula is C25H20N2O. The Kier molecular flexibility index (Phi) is 5.25. The lowest BCUT2D eigenvalue weighted by atomic mass is 9.91. The fourth-order valence-corrected chi connectivity index (χ4v) is 3.31. The number of carbonyl (C=O) groups excluding carboxylic acids is 1. The lowest BCUT2D eigenvalue weighted by Gasteiger charge is -2.16. The van der Waals surface area contributed by atoms with Crippen LogP contribution in [0.3, 0.4) is 0 Å². The number of amides is 1. The van der Waals surface area contributed by atoms with E-state index in [0.717, 1.165) is 22.1 Å². The first-order valence-corrected chi connectivity index (χ1v) is 9.23. The minimum atomic E-state index is -0.406. The maximum absolute atomic E-state index is 12.9. The highest BCUT2D eigenvalue weighted by molar-refractivity contribution is 5.92. The standard InChI is InChI=1S/C25H20N2O/c28-25(24(21-10-3-1-4-11-21)22-12-5-2-6-13-22)27-26-18-19-15-16-20-9-7-8-14-23(20)17-19/h1-18,24H,(H,27,28). The number of nitrogens with one attached hydrogen (secondary N) is 1. The summed E-state index contributed by atoms with van der Waals surface area (Å²) >= 11 is 0. The number of hydrazone groups is 1. The number of hydrogen-bond donors (Lipinski definition) is 1. The zero-order valence-electron chi connectivity index (χ0n) is 15.3. The van der Waals surface area contributed by atoms with E-state index in [4.69, 9.17) is 0 Å². The van der Waals surface area contributed by atoms with E-state index in [-0.39, 0.29) is 5.91 Å². The Morgan fingerprint density at radius 1 is 0.714 bits per heavy atom. The van der Waals surface area contributed by atoms with Crippen molar-refractivity contribution in [1.82, 2.24) is 5.43 Å². The van der Waals surface area contributed by atoms with Gasteiger partial charge in [-0.05, 0) is 33.5 Å². The Morgan fingerprint density at radius 2 is 1.29 bits per heavy atom. The molecule has 28 heavy (non-hydrogen) atoms. The molecule has 0 saturated heterocycles. The predicted molar refractivity (Wildman–Crippen MR) is 114 cm³/mol. The third-order valence-electron chi connectivity index (χ3n) is 4.69. The Balaban J connectivity index is 1.55. The van der Waals surface area contributed by atoms with Crippen LogP contribution in [0.25, 0.3) is 10.8 Å². The Morgan fingerprint density at radius 3 is 1.93 bits per heavy atom. The van der Waals surface area contributed by atoms with Gasteiger partial charge in [0, 0.05) is 0 Å². The second kappa shape index (κ2) is 8.31. The monoisotopic (exact) mass is 364 g/mol. The smallest absolute Gasteiger partial charge is 0.252 e. The summed E-state index contributed by atoms with van der Waals surface area (Å²) in [6.45, 7) is 0. The summed E-state index contributed by atoms with van der Waals surface area (Å²) in [7, 11) is 0. The van der Waals surface area contributed by atoms with Gasteiger partial charge in [-0.3, -0.25) is 4.79 Å². The van der Waals surface area contributed by atoms with Crippen molar-refractivity contribution in [2.45, 2.75) is 5.92 Å². The fraction of sp³-hybridized carbons (Fsp3) is 0.0400. The topological polar surface area (TPSA) is 41.5 Å². The maximum atomic E-state index is 12.9. The van der Waals surface area contributed by atoms with E-state index in [9.17, 15) is 4.79 Å². The van der Waals surface area contributed by atoms with Crippen molar-refractivity contribution in [2.75, 3.05) is 0 Å². The van der Waals surface area contributed by atoms with E-state index in [1.165, 1.54) is 5.39 Å². The molecule has 3 heteroatoms. The molecule has 0 aromatic heterocycles. The van der Waals surface area contributed by atoms with E-state index in [2.05, 4.69) is 34.8 Å². The normalized spacial score (nSPS) is 11.2. The highest BCUT2D eigenvalue weighted by Gasteiger charge is 2.22. The highest BCUT2D eigenvalue weighted by atomic mass is 16.2. The zero-order chi connectivity index (χ0) is 19.2. The van der Waals surface area contributed by atoms with Crippen LogP contribution in [0.4, 0.5) is 0 Å². The van der Waals surface area contributed by atoms with Crippen molar-refractivity contribution in [2.24, 2.45) is 5.10 Å². The van der Waals surface area contributed by atoms with Crippen LogP contribution in [0.15, 0.2) is 108 Å². The summed E-state index contributed by atoms with van der Waals surface area (Å²) in [4.78, 5) is 12.9. The molecule has 0 unspecified atom stereocenters. The lowest BCUT2D eigenvalue weighted by Crippen LogP contribution is -2.26. The van der Waals surface area contributed by atoms with Gasteiger partial charge in [-0.2, -0.15) is 5.10 Å². The van der Waals surface area contributed by atoms with Gasteiger partial charge in [0.2, 0.25) is 0 Å². The summed E-state index contributed by atoms with van der Waals surface area (Å²) in [6, 6.07) is 33.8. The van der Waals surface area contributed by atoms with Crippen molar-refractivity contribution in [3.63, 3.8) is 0 Å². The molecule has 4 aromatic carbocycles. The van der Waals surface area contributed by atoms with Crippen LogP contribution in [0.5, 0.6) is 0 Å². The Labute approximate surface area is 164 Å². The number of fused-ring (bicyclic) bond motifs is 1. The number of benzene rings is 4. The van der Waals surface area contributed by atoms with E-state index in [1.807, 2.05) is 78.9 Å². The predicted octanol–water partition coefficient (Wildman–Crippen LogP) is 5.12. The molecule has 0 radical (unpaired) electrons. The van der Waals surface area contributed by atoms with Gasteiger partial charge in [0.25, 0.3) is 5.91 Å². The van der Waals surface area contributed by atoms with Crippen LogP contribution in [-0.2, 0) is 4.79 Å². The molecule has 0 fully saturated rings. The maximum Gasteiger partial charge on any atom is 0.252 e. The molecule has 0 aliphatic heterocycles. The molecule has 0 aliphatic carbocycles. The second-order valence-electron chi connectivity index (χ2n) is 6.60. The van der Waals surface area contributed by atoms with Crippen molar-refractivity contribution < 1.29 is 4.79 Å². The Bertz CT molecular complexity index is 1070. The van der Waals surface area contributed by atoms with Gasteiger partial charge in [-0.15, -0.1) is 0 Å². The number of rotatable bonds is 5. The molecule has 3 nitrogen and oxygen atoms in total. The van der Waals surface area contributed by atoms with Crippen LogP contribution < -0.4 is 5.43 Å². The molecule has 0 bridgehead atoms. The lowest BCUT2D eigenvalue weighted by molar-refractivity contribution is -0.121. The first-order chi connectivity index (χ1) is 13.8. The summed E-state index contributed by atoms with van der Waals surface area (Å²) in [6.07, 6.45) is 1.68. The molecule has 136 valence electrons. The molecule has 0 saturated carbocycles. The minimum Gasteiger partial charge on any atom is -0.272 e. The largest absolute Gasteiger partial charge is 0.272 e. The first kappa shape index (κ1) is 17.7. The van der Waals surface area contributed by atoms with Crippen LogP contribution >= 0.6 is 0 Å². The van der Waals surface area contributed by atoms with Crippen molar-refractivity contribution in [3.05, 3.63) is 120 Å². The van der Waals surface area contributed by atoms with Gasteiger partial charge >= 0.3 is 0 Å². The minimum absolute atomic E-state index is 0.158. The van der Waals surface area contributed by atoms with Crippen molar-refractivity contribution in [1.29, 1.82) is 0 Å². The molecule has 4 rings (SSSR count). The van der Waals surface area contributed by atoms with Crippen LogP contribution in [0, 0.1) is 0 Å².